The third-order valence-corrected chi connectivity index (χ3v) is 2.95. The van der Waals surface area contributed by atoms with Crippen molar-refractivity contribution in [3.63, 3.8) is 0 Å². The Bertz CT molecular complexity index is 558. The van der Waals surface area contributed by atoms with Crippen LogP contribution in [-0.4, -0.2) is 4.98 Å². The summed E-state index contributed by atoms with van der Waals surface area (Å²) >= 11 is 0. The molecule has 1 heterocycles. The number of aryl methyl sites for hydroxylation is 3. The maximum atomic E-state index is 5.88. The molecule has 1 aromatic heterocycles. The largest absolute Gasteiger partial charge is 0.487 e. The molecule has 0 amide bonds. The molecular weight excluding hydrogens is 238 g/mol. The van der Waals surface area contributed by atoms with E-state index in [9.17, 15) is 0 Å². The number of pyridine rings is 1. The van der Waals surface area contributed by atoms with Gasteiger partial charge in [-0.05, 0) is 44.0 Å². The lowest BCUT2D eigenvalue weighted by Gasteiger charge is -2.13. The van der Waals surface area contributed by atoms with Crippen molar-refractivity contribution in [1.82, 2.24) is 4.98 Å². The van der Waals surface area contributed by atoms with Gasteiger partial charge in [-0.2, -0.15) is 0 Å². The molecule has 100 valence electrons. The predicted octanol–water partition coefficient (Wildman–Crippen LogP) is 2.87. The zero-order chi connectivity index (χ0) is 13.8. The van der Waals surface area contributed by atoms with E-state index < -0.39 is 0 Å². The predicted molar refractivity (Wildman–Crippen MR) is 77.0 cm³/mol. The van der Waals surface area contributed by atoms with Gasteiger partial charge in [-0.25, -0.2) is 0 Å². The molecule has 0 atom stereocenters. The Labute approximate surface area is 113 Å². The van der Waals surface area contributed by atoms with Crippen LogP contribution in [0.4, 0.5) is 5.69 Å². The van der Waals surface area contributed by atoms with Crippen LogP contribution in [0.5, 0.6) is 5.75 Å². The van der Waals surface area contributed by atoms with Gasteiger partial charge in [-0.1, -0.05) is 17.7 Å². The number of ether oxygens (including phenoxy) is 1. The van der Waals surface area contributed by atoms with Crippen LogP contribution in [0.1, 0.15) is 22.4 Å². The van der Waals surface area contributed by atoms with Crippen molar-refractivity contribution in [2.45, 2.75) is 27.4 Å². The lowest BCUT2D eigenvalue weighted by Crippen LogP contribution is -2.08. The van der Waals surface area contributed by atoms with Gasteiger partial charge in [0.1, 0.15) is 12.4 Å². The minimum atomic E-state index is 0.431. The van der Waals surface area contributed by atoms with Gasteiger partial charge in [0.15, 0.2) is 0 Å². The summed E-state index contributed by atoms with van der Waals surface area (Å²) < 4.78 is 5.88. The van der Waals surface area contributed by atoms with Gasteiger partial charge in [0.2, 0.25) is 0 Å². The second-order valence-corrected chi connectivity index (χ2v) is 4.70. The molecule has 0 aliphatic heterocycles. The summed E-state index contributed by atoms with van der Waals surface area (Å²) in [5, 5.41) is 0. The smallest absolute Gasteiger partial charge is 0.130 e. The molecule has 0 saturated heterocycles. The zero-order valence-electron chi connectivity index (χ0n) is 11.5. The normalized spacial score (nSPS) is 10.3. The molecule has 1 aromatic carbocycles. The lowest BCUT2D eigenvalue weighted by atomic mass is 10.1. The van der Waals surface area contributed by atoms with E-state index in [-0.39, 0.29) is 0 Å². The molecule has 0 bridgehead atoms. The summed E-state index contributed by atoms with van der Waals surface area (Å²) in [6.07, 6.45) is 1.71. The molecule has 4 heteroatoms. The number of anilines is 1. The number of nitrogens with zero attached hydrogens (tertiary/aromatic N) is 1. The summed E-state index contributed by atoms with van der Waals surface area (Å²) in [4.78, 5) is 4.26. The fraction of sp³-hybridized carbons (Fsp3) is 0.267. The molecule has 0 aliphatic carbocycles. The minimum Gasteiger partial charge on any atom is -0.487 e. The van der Waals surface area contributed by atoms with Crippen LogP contribution in [0.25, 0.3) is 0 Å². The van der Waals surface area contributed by atoms with E-state index in [1.54, 1.807) is 6.20 Å². The molecule has 0 fully saturated rings. The van der Waals surface area contributed by atoms with Crippen molar-refractivity contribution >= 4 is 5.69 Å². The molecule has 0 radical (unpaired) electrons. The summed E-state index contributed by atoms with van der Waals surface area (Å²) in [5.74, 6) is 6.30. The summed E-state index contributed by atoms with van der Waals surface area (Å²) in [5.41, 5.74) is 7.80. The second kappa shape index (κ2) is 5.71. The van der Waals surface area contributed by atoms with Crippen molar-refractivity contribution in [3.05, 3.63) is 52.8 Å². The van der Waals surface area contributed by atoms with Crippen molar-refractivity contribution in [2.24, 2.45) is 5.84 Å². The number of hydrogen-bond donors (Lipinski definition) is 2. The number of aromatic nitrogens is 1. The van der Waals surface area contributed by atoms with E-state index in [1.807, 2.05) is 12.1 Å². The first-order valence-corrected chi connectivity index (χ1v) is 6.22. The number of nitrogens with two attached hydrogens (primary N) is 1. The minimum absolute atomic E-state index is 0.431. The maximum Gasteiger partial charge on any atom is 0.130 e. The molecule has 0 saturated carbocycles. The van der Waals surface area contributed by atoms with Crippen molar-refractivity contribution in [1.29, 1.82) is 0 Å². The van der Waals surface area contributed by atoms with Gasteiger partial charge in [0.05, 0.1) is 11.4 Å². The fourth-order valence-electron chi connectivity index (χ4n) is 2.19. The Kier molecular flexibility index (Phi) is 4.02. The Balaban J connectivity index is 2.14. The maximum absolute atomic E-state index is 5.88. The van der Waals surface area contributed by atoms with E-state index >= 15 is 0 Å². The van der Waals surface area contributed by atoms with E-state index in [1.165, 1.54) is 5.56 Å². The van der Waals surface area contributed by atoms with Crippen LogP contribution in [0.2, 0.25) is 0 Å². The summed E-state index contributed by atoms with van der Waals surface area (Å²) in [6.45, 7) is 6.63. The van der Waals surface area contributed by atoms with Gasteiger partial charge in [0.25, 0.3) is 0 Å². The van der Waals surface area contributed by atoms with Crippen LogP contribution in [-0.2, 0) is 6.61 Å². The highest BCUT2D eigenvalue weighted by molar-refractivity contribution is 5.44. The van der Waals surface area contributed by atoms with Crippen LogP contribution < -0.4 is 16.0 Å². The van der Waals surface area contributed by atoms with Crippen LogP contribution >= 0.6 is 0 Å². The highest BCUT2D eigenvalue weighted by Crippen LogP contribution is 2.25. The van der Waals surface area contributed by atoms with Crippen molar-refractivity contribution < 1.29 is 4.74 Å². The molecule has 3 N–H and O–H groups in total. The van der Waals surface area contributed by atoms with Gasteiger partial charge in [-0.3, -0.25) is 10.8 Å². The zero-order valence-corrected chi connectivity index (χ0v) is 11.5. The fourth-order valence-corrected chi connectivity index (χ4v) is 2.19. The average Bonchev–Trinajstić information content (AvgIpc) is 2.37. The van der Waals surface area contributed by atoms with Gasteiger partial charge in [0, 0.05) is 6.20 Å². The van der Waals surface area contributed by atoms with E-state index in [0.717, 1.165) is 28.3 Å². The quantitative estimate of drug-likeness (QED) is 0.653. The molecule has 0 spiro atoms. The average molecular weight is 257 g/mol. The van der Waals surface area contributed by atoms with E-state index in [4.69, 9.17) is 10.6 Å². The Morgan fingerprint density at radius 2 is 1.84 bits per heavy atom. The number of benzene rings is 1. The molecule has 2 aromatic rings. The molecule has 19 heavy (non-hydrogen) atoms. The molecule has 0 aliphatic rings. The van der Waals surface area contributed by atoms with Crippen molar-refractivity contribution in [2.75, 3.05) is 5.43 Å². The first-order valence-electron chi connectivity index (χ1n) is 6.22. The first-order chi connectivity index (χ1) is 9.10. The van der Waals surface area contributed by atoms with Crippen LogP contribution in [0.3, 0.4) is 0 Å². The third kappa shape index (κ3) is 3.23. The number of hydrazine groups is 1. The number of nitrogen functional groups attached to an aromatic ring is 1. The lowest BCUT2D eigenvalue weighted by molar-refractivity contribution is 0.297. The molecule has 2 rings (SSSR count). The Hall–Kier alpha value is -2.07. The summed E-state index contributed by atoms with van der Waals surface area (Å²) in [7, 11) is 0. The third-order valence-electron chi connectivity index (χ3n) is 2.95. The number of nitrogens with one attached hydrogen (secondary N) is 1. The molecule has 0 unspecified atom stereocenters. The topological polar surface area (TPSA) is 60.2 Å². The molecular formula is C15H19N3O. The highest BCUT2D eigenvalue weighted by atomic mass is 16.5. The highest BCUT2D eigenvalue weighted by Gasteiger charge is 2.06. The summed E-state index contributed by atoms with van der Waals surface area (Å²) in [6, 6.07) is 7.92. The Morgan fingerprint density at radius 1 is 1.16 bits per heavy atom. The van der Waals surface area contributed by atoms with Crippen LogP contribution in [0.15, 0.2) is 30.5 Å². The number of hydrogen-bond acceptors (Lipinski definition) is 4. The standard InChI is InChI=1S/C15H19N3O/c1-10-6-11(2)15(12(3)7-10)19-9-14-8-13(18-16)4-5-17-14/h4-8H,9,16H2,1-3H3,(H,17,18). The molecule has 4 nitrogen and oxygen atoms in total. The van der Waals surface area contributed by atoms with Gasteiger partial charge >= 0.3 is 0 Å². The Morgan fingerprint density at radius 3 is 2.47 bits per heavy atom. The van der Waals surface area contributed by atoms with Crippen molar-refractivity contribution in [3.8, 4) is 5.75 Å². The van der Waals surface area contributed by atoms with E-state index in [0.29, 0.717) is 6.61 Å². The first kappa shape index (κ1) is 13.4. The second-order valence-electron chi connectivity index (χ2n) is 4.70. The monoisotopic (exact) mass is 257 g/mol. The van der Waals surface area contributed by atoms with Crippen LogP contribution in [0, 0.1) is 20.8 Å². The SMILES string of the molecule is Cc1cc(C)c(OCc2cc(NN)ccn2)c(C)c1. The van der Waals surface area contributed by atoms with Gasteiger partial charge < -0.3 is 10.2 Å². The van der Waals surface area contributed by atoms with Gasteiger partial charge in [-0.15, -0.1) is 0 Å². The number of rotatable bonds is 4. The van der Waals surface area contributed by atoms with E-state index in [2.05, 4.69) is 43.3 Å².